The van der Waals surface area contributed by atoms with Crippen molar-refractivity contribution in [1.82, 2.24) is 4.57 Å². The summed E-state index contributed by atoms with van der Waals surface area (Å²) in [6.07, 6.45) is 0. The second kappa shape index (κ2) is 11.0. The Kier molecular flexibility index (Phi) is 7.50. The Morgan fingerprint density at radius 2 is 1.63 bits per heavy atom. The number of nitrogens with one attached hydrogen (secondary N) is 1. The van der Waals surface area contributed by atoms with E-state index in [1.165, 1.54) is 4.57 Å². The highest BCUT2D eigenvalue weighted by molar-refractivity contribution is 8.00. The van der Waals surface area contributed by atoms with Crippen LogP contribution in [0.4, 0.5) is 11.4 Å². The SMILES string of the molecule is Cc1ccc(NC(=O)Cn2c3c(sc2=O)C(c2cccc(Cl)c2Cl)C2C(=O)N(c4ccc(Cl)cc4)C(=O)C2S3)cc1. The van der Waals surface area contributed by atoms with Crippen LogP contribution in [0.25, 0.3) is 0 Å². The molecule has 208 valence electrons. The summed E-state index contributed by atoms with van der Waals surface area (Å²) in [5, 5.41) is 3.42. The van der Waals surface area contributed by atoms with Crippen LogP contribution in [-0.2, 0) is 20.9 Å². The molecule has 6 rings (SSSR count). The van der Waals surface area contributed by atoms with Crippen molar-refractivity contribution in [1.29, 1.82) is 0 Å². The number of fused-ring (bicyclic) bond motifs is 2. The average Bonchev–Trinajstić information content (AvgIpc) is 3.38. The lowest BCUT2D eigenvalue weighted by molar-refractivity contribution is -0.122. The highest BCUT2D eigenvalue weighted by Crippen LogP contribution is 2.55. The van der Waals surface area contributed by atoms with Crippen LogP contribution in [0.5, 0.6) is 0 Å². The van der Waals surface area contributed by atoms with E-state index in [1.54, 1.807) is 54.6 Å². The molecule has 2 aliphatic heterocycles. The van der Waals surface area contributed by atoms with E-state index in [0.29, 0.717) is 31.9 Å². The molecule has 0 aliphatic carbocycles. The van der Waals surface area contributed by atoms with E-state index < -0.39 is 34.8 Å². The third-order valence-electron chi connectivity index (χ3n) is 7.09. The van der Waals surface area contributed by atoms with Crippen LogP contribution in [-0.4, -0.2) is 27.5 Å². The molecule has 3 atom stereocenters. The molecule has 2 aliphatic rings. The van der Waals surface area contributed by atoms with Crippen LogP contribution in [0, 0.1) is 12.8 Å². The summed E-state index contributed by atoms with van der Waals surface area (Å²) < 4.78 is 1.36. The summed E-state index contributed by atoms with van der Waals surface area (Å²) in [4.78, 5) is 55.4. The number of benzene rings is 3. The summed E-state index contributed by atoms with van der Waals surface area (Å²) in [6.45, 7) is 1.68. The molecule has 1 fully saturated rings. The maximum absolute atomic E-state index is 14.0. The number of thiazole rings is 1. The number of anilines is 2. The molecular formula is C29H20Cl3N3O4S2. The molecule has 12 heteroatoms. The molecule has 1 N–H and O–H groups in total. The molecule has 0 saturated carbocycles. The molecule has 3 heterocycles. The fourth-order valence-corrected chi connectivity index (χ4v) is 8.49. The largest absolute Gasteiger partial charge is 0.325 e. The third kappa shape index (κ3) is 5.00. The number of nitrogens with zero attached hydrogens (tertiary/aromatic N) is 2. The minimum atomic E-state index is -0.855. The van der Waals surface area contributed by atoms with Crippen LogP contribution >= 0.6 is 57.9 Å². The van der Waals surface area contributed by atoms with E-state index in [2.05, 4.69) is 5.32 Å². The Hall–Kier alpha value is -3.08. The van der Waals surface area contributed by atoms with Gasteiger partial charge in [0.15, 0.2) is 0 Å². The number of imide groups is 1. The summed E-state index contributed by atoms with van der Waals surface area (Å²) in [7, 11) is 0. The fraction of sp³-hybridized carbons (Fsp3) is 0.172. The van der Waals surface area contributed by atoms with Gasteiger partial charge in [0.1, 0.15) is 11.8 Å². The van der Waals surface area contributed by atoms with Crippen LogP contribution in [0.2, 0.25) is 15.1 Å². The van der Waals surface area contributed by atoms with Crippen molar-refractivity contribution in [3.05, 3.63) is 107 Å². The third-order valence-corrected chi connectivity index (χ3v) is 10.8. The highest BCUT2D eigenvalue weighted by atomic mass is 35.5. The predicted octanol–water partition coefficient (Wildman–Crippen LogP) is 6.61. The molecule has 4 aromatic rings. The van der Waals surface area contributed by atoms with Gasteiger partial charge in [-0.15, -0.1) is 0 Å². The topological polar surface area (TPSA) is 88.5 Å². The van der Waals surface area contributed by atoms with Gasteiger partial charge in [0.05, 0.1) is 26.7 Å². The van der Waals surface area contributed by atoms with Crippen LogP contribution in [0.15, 0.2) is 76.6 Å². The molecular weight excluding hydrogens is 625 g/mol. The van der Waals surface area contributed by atoms with Crippen molar-refractivity contribution in [2.45, 2.75) is 29.7 Å². The number of halogens is 3. The lowest BCUT2D eigenvalue weighted by atomic mass is 9.83. The van der Waals surface area contributed by atoms with Gasteiger partial charge in [-0.05, 0) is 55.0 Å². The standard InChI is InChI=1S/C29H20Cl3N3O4S2/c1-14-5-9-16(10-6-14)33-20(36)13-34-28-25(41-29(34)39)21(18-3-2-4-19(31)23(18)32)22-24(40-28)27(38)35(26(22)37)17-11-7-15(30)8-12-17/h2-12,21-22,24H,13H2,1H3,(H,33,36). The van der Waals surface area contributed by atoms with Crippen LogP contribution in [0.1, 0.15) is 21.9 Å². The summed E-state index contributed by atoms with van der Waals surface area (Å²) in [5.74, 6) is -2.80. The van der Waals surface area contributed by atoms with Crippen molar-refractivity contribution in [2.75, 3.05) is 10.2 Å². The fourth-order valence-electron chi connectivity index (χ4n) is 5.18. The first kappa shape index (κ1) is 28.1. The number of amides is 3. The van der Waals surface area contributed by atoms with E-state index in [4.69, 9.17) is 34.8 Å². The molecule has 3 aromatic carbocycles. The van der Waals surface area contributed by atoms with Crippen LogP contribution in [0.3, 0.4) is 0 Å². The molecule has 1 aromatic heterocycles. The van der Waals surface area contributed by atoms with Crippen molar-refractivity contribution < 1.29 is 14.4 Å². The summed E-state index contributed by atoms with van der Waals surface area (Å²) in [6, 6.07) is 18.9. The smallest absolute Gasteiger partial charge is 0.308 e. The lowest BCUT2D eigenvalue weighted by Gasteiger charge is -2.31. The zero-order valence-corrected chi connectivity index (χ0v) is 25.2. The Balaban J connectivity index is 1.43. The molecule has 1 saturated heterocycles. The molecule has 7 nitrogen and oxygen atoms in total. The van der Waals surface area contributed by atoms with Crippen molar-refractivity contribution >= 4 is 87.0 Å². The number of aryl methyl sites for hydroxylation is 1. The second-order valence-electron chi connectivity index (χ2n) is 9.71. The zero-order chi connectivity index (χ0) is 29.0. The van der Waals surface area contributed by atoms with Gasteiger partial charge < -0.3 is 5.32 Å². The van der Waals surface area contributed by atoms with Gasteiger partial charge in [0.25, 0.3) is 0 Å². The number of thioether (sulfide) groups is 1. The Bertz CT molecular complexity index is 1770. The van der Waals surface area contributed by atoms with Gasteiger partial charge in [-0.2, -0.15) is 0 Å². The second-order valence-corrected chi connectivity index (χ2v) is 13.1. The number of carbonyl (C=O) groups is 3. The highest BCUT2D eigenvalue weighted by Gasteiger charge is 2.57. The normalized spacial score (nSPS) is 19.7. The van der Waals surface area contributed by atoms with Crippen molar-refractivity contribution in [2.24, 2.45) is 5.92 Å². The zero-order valence-electron chi connectivity index (χ0n) is 21.3. The summed E-state index contributed by atoms with van der Waals surface area (Å²) in [5.41, 5.74) is 2.58. The summed E-state index contributed by atoms with van der Waals surface area (Å²) >= 11 is 21.1. The maximum Gasteiger partial charge on any atom is 0.308 e. The van der Waals surface area contributed by atoms with Gasteiger partial charge >= 0.3 is 4.87 Å². The van der Waals surface area contributed by atoms with E-state index in [9.17, 15) is 19.2 Å². The minimum Gasteiger partial charge on any atom is -0.325 e. The first-order valence-corrected chi connectivity index (χ1v) is 15.3. The Labute approximate surface area is 258 Å². The van der Waals surface area contributed by atoms with E-state index >= 15 is 0 Å². The van der Waals surface area contributed by atoms with Gasteiger partial charge in [-0.1, -0.05) is 87.7 Å². The van der Waals surface area contributed by atoms with E-state index in [0.717, 1.165) is 33.6 Å². The Morgan fingerprint density at radius 3 is 2.34 bits per heavy atom. The van der Waals surface area contributed by atoms with E-state index in [1.807, 2.05) is 19.1 Å². The Morgan fingerprint density at radius 1 is 0.927 bits per heavy atom. The molecule has 0 bridgehead atoms. The van der Waals surface area contributed by atoms with Crippen molar-refractivity contribution in [3.8, 4) is 0 Å². The molecule has 0 spiro atoms. The first-order valence-electron chi connectivity index (χ1n) is 12.5. The number of rotatable bonds is 5. The average molecular weight is 645 g/mol. The molecule has 0 radical (unpaired) electrons. The lowest BCUT2D eigenvalue weighted by Crippen LogP contribution is -2.33. The predicted molar refractivity (Wildman–Crippen MR) is 164 cm³/mol. The maximum atomic E-state index is 14.0. The van der Waals surface area contributed by atoms with Gasteiger partial charge in [-0.3, -0.25) is 23.7 Å². The number of hydrogen-bond donors (Lipinski definition) is 1. The minimum absolute atomic E-state index is 0.241. The first-order chi connectivity index (χ1) is 19.6. The molecule has 3 unspecified atom stereocenters. The van der Waals surface area contributed by atoms with Crippen molar-refractivity contribution in [3.63, 3.8) is 0 Å². The van der Waals surface area contributed by atoms with Gasteiger partial charge in [0.2, 0.25) is 17.7 Å². The quantitative estimate of drug-likeness (QED) is 0.247. The number of carbonyl (C=O) groups excluding carboxylic acids is 3. The number of aromatic nitrogens is 1. The monoisotopic (exact) mass is 643 g/mol. The molecule has 3 amide bonds. The van der Waals surface area contributed by atoms with Gasteiger partial charge in [0, 0.05) is 21.5 Å². The number of hydrogen-bond acceptors (Lipinski definition) is 6. The van der Waals surface area contributed by atoms with Crippen LogP contribution < -0.4 is 15.1 Å². The van der Waals surface area contributed by atoms with Gasteiger partial charge in [-0.25, -0.2) is 4.90 Å². The van der Waals surface area contributed by atoms with E-state index in [-0.39, 0.29) is 21.5 Å². The molecule has 41 heavy (non-hydrogen) atoms.